The number of hydrogen-bond donors (Lipinski definition) is 1. The van der Waals surface area contributed by atoms with Crippen molar-refractivity contribution in [3.8, 4) is 5.75 Å². The van der Waals surface area contributed by atoms with E-state index in [9.17, 15) is 4.79 Å². The zero-order valence-electron chi connectivity index (χ0n) is 16.1. The molecule has 1 N–H and O–H groups in total. The molecular formula is C22H29NO2. The van der Waals surface area contributed by atoms with E-state index in [0.29, 0.717) is 5.92 Å². The van der Waals surface area contributed by atoms with Crippen LogP contribution in [-0.2, 0) is 4.79 Å². The summed E-state index contributed by atoms with van der Waals surface area (Å²) in [6.07, 6.45) is 0. The molecule has 0 radical (unpaired) electrons. The second-order valence-corrected chi connectivity index (χ2v) is 7.13. The van der Waals surface area contributed by atoms with E-state index in [1.54, 1.807) is 0 Å². The number of amides is 1. The van der Waals surface area contributed by atoms with Crippen molar-refractivity contribution in [1.29, 1.82) is 0 Å². The minimum Gasteiger partial charge on any atom is -0.483 e. The van der Waals surface area contributed by atoms with Gasteiger partial charge in [0, 0.05) is 0 Å². The molecule has 0 aliphatic rings. The zero-order valence-corrected chi connectivity index (χ0v) is 16.1. The summed E-state index contributed by atoms with van der Waals surface area (Å²) in [6, 6.07) is 12.4. The molecule has 25 heavy (non-hydrogen) atoms. The van der Waals surface area contributed by atoms with Crippen LogP contribution in [0, 0.1) is 20.8 Å². The van der Waals surface area contributed by atoms with Crippen LogP contribution in [-0.4, -0.2) is 12.5 Å². The average Bonchev–Trinajstić information content (AvgIpc) is 2.52. The van der Waals surface area contributed by atoms with Crippen molar-refractivity contribution in [2.45, 2.75) is 53.5 Å². The summed E-state index contributed by atoms with van der Waals surface area (Å²) in [7, 11) is 0. The summed E-state index contributed by atoms with van der Waals surface area (Å²) in [4.78, 5) is 12.3. The first-order chi connectivity index (χ1) is 11.8. The predicted octanol–water partition coefficient (Wildman–Crippen LogP) is 4.99. The van der Waals surface area contributed by atoms with Crippen LogP contribution in [0.25, 0.3) is 0 Å². The lowest BCUT2D eigenvalue weighted by molar-refractivity contribution is -0.123. The smallest absolute Gasteiger partial charge is 0.258 e. The first-order valence-corrected chi connectivity index (χ1v) is 8.87. The highest BCUT2D eigenvalue weighted by Gasteiger charge is 2.14. The van der Waals surface area contributed by atoms with Gasteiger partial charge in [-0.1, -0.05) is 49.7 Å². The first kappa shape index (κ1) is 19.0. The van der Waals surface area contributed by atoms with E-state index >= 15 is 0 Å². The van der Waals surface area contributed by atoms with E-state index in [4.69, 9.17) is 4.74 Å². The third-order valence-corrected chi connectivity index (χ3v) is 4.42. The molecule has 0 fully saturated rings. The SMILES string of the molecule is Cc1ccc(C(C)NC(=O)COc2cc(C)ccc2C(C)C)c(C)c1. The highest BCUT2D eigenvalue weighted by molar-refractivity contribution is 5.78. The predicted molar refractivity (Wildman–Crippen MR) is 103 cm³/mol. The first-order valence-electron chi connectivity index (χ1n) is 8.87. The molecule has 1 unspecified atom stereocenters. The average molecular weight is 339 g/mol. The van der Waals surface area contributed by atoms with Gasteiger partial charge in [0.2, 0.25) is 0 Å². The number of benzene rings is 2. The molecule has 2 rings (SSSR count). The lowest BCUT2D eigenvalue weighted by Gasteiger charge is -2.18. The lowest BCUT2D eigenvalue weighted by Crippen LogP contribution is -2.31. The normalized spacial score (nSPS) is 12.1. The molecule has 0 aliphatic heterocycles. The van der Waals surface area contributed by atoms with Crippen LogP contribution in [0.5, 0.6) is 5.75 Å². The molecule has 2 aromatic rings. The highest BCUT2D eigenvalue weighted by atomic mass is 16.5. The summed E-state index contributed by atoms with van der Waals surface area (Å²) >= 11 is 0. The van der Waals surface area contributed by atoms with E-state index in [-0.39, 0.29) is 18.6 Å². The molecule has 0 heterocycles. The van der Waals surface area contributed by atoms with Crippen LogP contribution < -0.4 is 10.1 Å². The summed E-state index contributed by atoms with van der Waals surface area (Å²) < 4.78 is 5.82. The minimum atomic E-state index is -0.108. The Bertz CT molecular complexity index is 750. The maximum absolute atomic E-state index is 12.3. The van der Waals surface area contributed by atoms with Crippen molar-refractivity contribution in [3.05, 3.63) is 64.2 Å². The Kier molecular flexibility index (Phi) is 6.24. The fourth-order valence-corrected chi connectivity index (χ4v) is 3.06. The third-order valence-electron chi connectivity index (χ3n) is 4.42. The molecule has 0 spiro atoms. The Labute approximate surface area is 151 Å². The van der Waals surface area contributed by atoms with E-state index < -0.39 is 0 Å². The number of hydrogen-bond acceptors (Lipinski definition) is 2. The van der Waals surface area contributed by atoms with Gasteiger partial charge in [0.15, 0.2) is 6.61 Å². The quantitative estimate of drug-likeness (QED) is 0.805. The van der Waals surface area contributed by atoms with Crippen molar-refractivity contribution >= 4 is 5.91 Å². The standard InChI is InChI=1S/C22H29NO2/c1-14(2)19-9-7-16(4)12-21(19)25-13-22(24)23-18(6)20-10-8-15(3)11-17(20)5/h7-12,14,18H,13H2,1-6H3,(H,23,24). The third kappa shape index (κ3) is 5.09. The number of ether oxygens (including phenoxy) is 1. The molecular weight excluding hydrogens is 310 g/mol. The topological polar surface area (TPSA) is 38.3 Å². The molecule has 2 aromatic carbocycles. The van der Waals surface area contributed by atoms with Crippen molar-refractivity contribution in [3.63, 3.8) is 0 Å². The Morgan fingerprint density at radius 2 is 1.56 bits per heavy atom. The number of carbonyl (C=O) groups excluding carboxylic acids is 1. The molecule has 3 heteroatoms. The maximum Gasteiger partial charge on any atom is 0.258 e. The van der Waals surface area contributed by atoms with Crippen LogP contribution >= 0.6 is 0 Å². The number of rotatable bonds is 6. The van der Waals surface area contributed by atoms with E-state index in [1.807, 2.05) is 19.9 Å². The number of aryl methyl sites for hydroxylation is 3. The maximum atomic E-state index is 12.3. The van der Waals surface area contributed by atoms with Gasteiger partial charge in [-0.3, -0.25) is 4.79 Å². The van der Waals surface area contributed by atoms with Gasteiger partial charge in [-0.15, -0.1) is 0 Å². The summed E-state index contributed by atoms with van der Waals surface area (Å²) in [6.45, 7) is 12.4. The van der Waals surface area contributed by atoms with Crippen molar-refractivity contribution in [2.75, 3.05) is 6.61 Å². The zero-order chi connectivity index (χ0) is 18.6. The van der Waals surface area contributed by atoms with Gasteiger partial charge in [0.25, 0.3) is 5.91 Å². The molecule has 134 valence electrons. The Morgan fingerprint density at radius 3 is 2.16 bits per heavy atom. The van der Waals surface area contributed by atoms with Gasteiger partial charge in [-0.25, -0.2) is 0 Å². The largest absolute Gasteiger partial charge is 0.483 e. The van der Waals surface area contributed by atoms with Gasteiger partial charge in [0.1, 0.15) is 5.75 Å². The van der Waals surface area contributed by atoms with E-state index in [0.717, 1.165) is 22.4 Å². The van der Waals surface area contributed by atoms with Gasteiger partial charge in [-0.05, 0) is 61.9 Å². The molecule has 0 aliphatic carbocycles. The Morgan fingerprint density at radius 1 is 0.960 bits per heavy atom. The molecule has 3 nitrogen and oxygen atoms in total. The molecule has 1 atom stereocenters. The monoisotopic (exact) mass is 339 g/mol. The van der Waals surface area contributed by atoms with Gasteiger partial charge in [-0.2, -0.15) is 0 Å². The molecule has 0 saturated heterocycles. The Balaban J connectivity index is 2.00. The van der Waals surface area contributed by atoms with Gasteiger partial charge in [0.05, 0.1) is 6.04 Å². The van der Waals surface area contributed by atoms with Crippen molar-refractivity contribution < 1.29 is 9.53 Å². The molecule has 0 saturated carbocycles. The Hall–Kier alpha value is -2.29. The van der Waals surface area contributed by atoms with E-state index in [1.165, 1.54) is 11.1 Å². The molecule has 1 amide bonds. The second-order valence-electron chi connectivity index (χ2n) is 7.13. The number of nitrogens with one attached hydrogen (secondary N) is 1. The van der Waals surface area contributed by atoms with Crippen molar-refractivity contribution in [1.82, 2.24) is 5.32 Å². The second kappa shape index (κ2) is 8.19. The van der Waals surface area contributed by atoms with E-state index in [2.05, 4.69) is 63.3 Å². The number of carbonyl (C=O) groups is 1. The molecule has 0 bridgehead atoms. The fraction of sp³-hybridized carbons (Fsp3) is 0.409. The lowest BCUT2D eigenvalue weighted by atomic mass is 10.0. The van der Waals surface area contributed by atoms with Crippen molar-refractivity contribution in [2.24, 2.45) is 0 Å². The summed E-state index contributed by atoms with van der Waals surface area (Å²) in [5, 5.41) is 3.03. The van der Waals surface area contributed by atoms with Gasteiger partial charge < -0.3 is 10.1 Å². The van der Waals surface area contributed by atoms with Crippen LogP contribution in [0.4, 0.5) is 0 Å². The summed E-state index contributed by atoms with van der Waals surface area (Å²) in [5.74, 6) is 1.04. The molecule has 0 aromatic heterocycles. The summed E-state index contributed by atoms with van der Waals surface area (Å²) in [5.41, 5.74) is 5.81. The fourth-order valence-electron chi connectivity index (χ4n) is 3.06. The minimum absolute atomic E-state index is 0.0262. The van der Waals surface area contributed by atoms with Crippen LogP contribution in [0.15, 0.2) is 36.4 Å². The van der Waals surface area contributed by atoms with Crippen LogP contribution in [0.3, 0.4) is 0 Å². The van der Waals surface area contributed by atoms with Gasteiger partial charge >= 0.3 is 0 Å². The highest BCUT2D eigenvalue weighted by Crippen LogP contribution is 2.27. The van der Waals surface area contributed by atoms with Crippen LogP contribution in [0.1, 0.15) is 60.5 Å². The van der Waals surface area contributed by atoms with Crippen LogP contribution in [0.2, 0.25) is 0 Å².